The molecule has 0 saturated heterocycles. The molecule has 0 saturated carbocycles. The standard InChI is InChI=1S/C16H14OS.2C2H6.CH3B/c1-3-7-12(8-4-2)11-15-16(17)13-9-5-6-10-14(13)18-15;3*1-2/h3-11H,1H2,2H3;2*1-2H3;1H3/b8-4-,12-7+,15-11+;;;. The third kappa shape index (κ3) is 7.69. The van der Waals surface area contributed by atoms with Crippen LogP contribution in [-0.2, 0) is 0 Å². The van der Waals surface area contributed by atoms with E-state index in [0.717, 1.165) is 20.9 Å². The third-order valence-corrected chi connectivity index (χ3v) is 3.64. The number of carbonyl (C=O) groups excluding carboxylic acids is 1. The van der Waals surface area contributed by atoms with Crippen LogP contribution in [0.2, 0.25) is 6.82 Å². The van der Waals surface area contributed by atoms with Gasteiger partial charge in [0.05, 0.1) is 12.8 Å². The lowest BCUT2D eigenvalue weighted by molar-refractivity contribution is 0.104. The quantitative estimate of drug-likeness (QED) is 0.342. The zero-order chi connectivity index (χ0) is 19.0. The first-order valence-electron chi connectivity index (χ1n) is 8.32. The maximum absolute atomic E-state index is 12.2. The minimum atomic E-state index is 0.107. The Balaban J connectivity index is 0. The minimum Gasteiger partial charge on any atom is -0.288 e. The van der Waals surface area contributed by atoms with Crippen LogP contribution in [-0.4, -0.2) is 13.6 Å². The summed E-state index contributed by atoms with van der Waals surface area (Å²) < 4.78 is 0. The van der Waals surface area contributed by atoms with Crippen molar-refractivity contribution in [3.05, 3.63) is 77.3 Å². The van der Waals surface area contributed by atoms with Crippen LogP contribution in [0.1, 0.15) is 45.0 Å². The highest BCUT2D eigenvalue weighted by Gasteiger charge is 2.24. The van der Waals surface area contributed by atoms with Gasteiger partial charge in [0.25, 0.3) is 0 Å². The number of Topliss-reactive ketones (excluding diaryl/α,β-unsaturated/α-hetero) is 1. The predicted molar refractivity (Wildman–Crippen MR) is 112 cm³/mol. The van der Waals surface area contributed by atoms with Crippen molar-refractivity contribution in [3.63, 3.8) is 0 Å². The second kappa shape index (κ2) is 16.1. The topological polar surface area (TPSA) is 17.1 Å². The SMILES string of the molecule is C=C/C=C(\C=C/C)/C=C1/Sc2ccccc2C1=O.CC.CC.[B]C. The van der Waals surface area contributed by atoms with Crippen molar-refractivity contribution in [2.75, 3.05) is 0 Å². The van der Waals surface area contributed by atoms with E-state index in [1.54, 1.807) is 6.08 Å². The molecular weight excluding hydrogens is 311 g/mol. The molecule has 0 N–H and O–H groups in total. The van der Waals surface area contributed by atoms with Gasteiger partial charge in [0.2, 0.25) is 5.78 Å². The Labute approximate surface area is 154 Å². The van der Waals surface area contributed by atoms with Gasteiger partial charge in [-0.1, -0.05) is 89.3 Å². The third-order valence-electron chi connectivity index (χ3n) is 2.54. The summed E-state index contributed by atoms with van der Waals surface area (Å²) in [6, 6.07) is 7.70. The molecule has 2 rings (SSSR count). The monoisotopic (exact) mass is 340 g/mol. The van der Waals surface area contributed by atoms with Crippen molar-refractivity contribution in [1.82, 2.24) is 0 Å². The summed E-state index contributed by atoms with van der Waals surface area (Å²) in [7, 11) is 4.50. The summed E-state index contributed by atoms with van der Waals surface area (Å²) in [5.41, 5.74) is 1.78. The van der Waals surface area contributed by atoms with E-state index < -0.39 is 0 Å². The Morgan fingerprint density at radius 3 is 2.21 bits per heavy atom. The lowest BCUT2D eigenvalue weighted by atomic mass is 10.1. The number of fused-ring (bicyclic) bond motifs is 1. The minimum absolute atomic E-state index is 0.107. The van der Waals surface area contributed by atoms with Gasteiger partial charge >= 0.3 is 0 Å². The second-order valence-corrected chi connectivity index (χ2v) is 4.92. The van der Waals surface area contributed by atoms with Gasteiger partial charge in [0.1, 0.15) is 0 Å². The fourth-order valence-electron chi connectivity index (χ4n) is 1.77. The Bertz CT molecular complexity index is 583. The molecular formula is C21H29BOS. The highest BCUT2D eigenvalue weighted by Crippen LogP contribution is 2.40. The van der Waals surface area contributed by atoms with Crippen LogP contribution >= 0.6 is 11.8 Å². The normalized spacial score (nSPS) is 13.8. The van der Waals surface area contributed by atoms with Crippen molar-refractivity contribution >= 4 is 25.4 Å². The summed E-state index contributed by atoms with van der Waals surface area (Å²) in [6.07, 6.45) is 9.44. The molecule has 0 bridgehead atoms. The zero-order valence-corrected chi connectivity index (χ0v) is 16.6. The van der Waals surface area contributed by atoms with Crippen LogP contribution in [0.15, 0.2) is 76.6 Å². The number of benzene rings is 1. The summed E-state index contributed by atoms with van der Waals surface area (Å²) in [6.45, 7) is 15.1. The molecule has 1 aliphatic heterocycles. The molecule has 3 heteroatoms. The predicted octanol–water partition coefficient (Wildman–Crippen LogP) is 6.80. The summed E-state index contributed by atoms with van der Waals surface area (Å²) in [4.78, 5) is 14.0. The van der Waals surface area contributed by atoms with E-state index in [1.807, 2.05) is 83.2 Å². The Kier molecular flexibility index (Phi) is 16.5. The number of hydrogen-bond donors (Lipinski definition) is 0. The first kappa shape index (κ1) is 24.5. The number of ketones is 1. The molecule has 128 valence electrons. The van der Waals surface area contributed by atoms with E-state index in [4.69, 9.17) is 0 Å². The van der Waals surface area contributed by atoms with E-state index in [0.29, 0.717) is 0 Å². The van der Waals surface area contributed by atoms with Crippen LogP contribution in [0.4, 0.5) is 0 Å². The van der Waals surface area contributed by atoms with Crippen LogP contribution in [0, 0.1) is 0 Å². The molecule has 1 aliphatic rings. The zero-order valence-electron chi connectivity index (χ0n) is 15.8. The average Bonchev–Trinajstić information content (AvgIpc) is 2.97. The molecule has 0 spiro atoms. The first-order valence-corrected chi connectivity index (χ1v) is 9.14. The number of thioether (sulfide) groups is 1. The van der Waals surface area contributed by atoms with Gasteiger partial charge in [-0.3, -0.25) is 4.79 Å². The molecule has 1 aromatic rings. The highest BCUT2D eigenvalue weighted by molar-refractivity contribution is 8.04. The molecule has 1 nitrogen and oxygen atoms in total. The number of hydrogen-bond acceptors (Lipinski definition) is 2. The molecule has 24 heavy (non-hydrogen) atoms. The molecule has 1 aromatic carbocycles. The number of rotatable bonds is 3. The van der Waals surface area contributed by atoms with Gasteiger partial charge in [-0.2, -0.15) is 0 Å². The number of allylic oxidation sites excluding steroid dienone is 7. The van der Waals surface area contributed by atoms with Crippen LogP contribution in [0.25, 0.3) is 0 Å². The van der Waals surface area contributed by atoms with E-state index in [-0.39, 0.29) is 5.78 Å². The summed E-state index contributed by atoms with van der Waals surface area (Å²) >= 11 is 1.53. The van der Waals surface area contributed by atoms with Gasteiger partial charge < -0.3 is 0 Å². The van der Waals surface area contributed by atoms with Crippen LogP contribution < -0.4 is 0 Å². The highest BCUT2D eigenvalue weighted by atomic mass is 32.2. The van der Waals surface area contributed by atoms with Gasteiger partial charge in [0.15, 0.2) is 0 Å². The lowest BCUT2D eigenvalue weighted by Gasteiger charge is -1.95. The molecule has 0 amide bonds. The largest absolute Gasteiger partial charge is 0.288 e. The molecule has 0 atom stereocenters. The lowest BCUT2D eigenvalue weighted by Crippen LogP contribution is -1.93. The van der Waals surface area contributed by atoms with Gasteiger partial charge in [-0.25, -0.2) is 0 Å². The van der Waals surface area contributed by atoms with Gasteiger partial charge in [-0.05, 0) is 30.7 Å². The van der Waals surface area contributed by atoms with E-state index in [1.165, 1.54) is 18.6 Å². The molecule has 0 aliphatic carbocycles. The smallest absolute Gasteiger partial charge is 0.200 e. The van der Waals surface area contributed by atoms with Crippen LogP contribution in [0.3, 0.4) is 0 Å². The second-order valence-electron chi connectivity index (χ2n) is 3.84. The Hall–Kier alpha value is -1.74. The van der Waals surface area contributed by atoms with E-state index in [9.17, 15) is 4.79 Å². The van der Waals surface area contributed by atoms with Crippen molar-refractivity contribution < 1.29 is 4.79 Å². The Morgan fingerprint density at radius 2 is 1.71 bits per heavy atom. The summed E-state index contributed by atoms with van der Waals surface area (Å²) in [5, 5.41) is 0. The number of carbonyl (C=O) groups is 1. The fourth-order valence-corrected chi connectivity index (χ4v) is 2.82. The fraction of sp³-hybridized carbons (Fsp3) is 0.286. The van der Waals surface area contributed by atoms with Crippen molar-refractivity contribution in [1.29, 1.82) is 0 Å². The van der Waals surface area contributed by atoms with Gasteiger partial charge in [-0.15, -0.1) is 0 Å². The Morgan fingerprint density at radius 1 is 1.12 bits per heavy atom. The van der Waals surface area contributed by atoms with Crippen molar-refractivity contribution in [2.24, 2.45) is 0 Å². The van der Waals surface area contributed by atoms with E-state index in [2.05, 4.69) is 14.4 Å². The molecule has 0 unspecified atom stereocenters. The molecule has 1 heterocycles. The molecule has 0 aromatic heterocycles. The average molecular weight is 340 g/mol. The molecule has 2 radical (unpaired) electrons. The van der Waals surface area contributed by atoms with Crippen LogP contribution in [0.5, 0.6) is 0 Å². The molecule has 0 fully saturated rings. The van der Waals surface area contributed by atoms with Crippen molar-refractivity contribution in [3.8, 4) is 0 Å². The maximum Gasteiger partial charge on any atom is 0.200 e. The first-order chi connectivity index (χ1) is 11.8. The van der Waals surface area contributed by atoms with Gasteiger partial charge in [0, 0.05) is 10.5 Å². The van der Waals surface area contributed by atoms with Crippen molar-refractivity contribution in [2.45, 2.75) is 46.3 Å². The van der Waals surface area contributed by atoms with E-state index >= 15 is 0 Å². The summed E-state index contributed by atoms with van der Waals surface area (Å²) in [5.74, 6) is 0.107. The maximum atomic E-state index is 12.2.